The van der Waals surface area contributed by atoms with Crippen molar-refractivity contribution in [1.29, 1.82) is 5.41 Å². The Balaban J connectivity index is 3.95. The van der Waals surface area contributed by atoms with Crippen molar-refractivity contribution in [3.05, 3.63) is 11.0 Å². The second-order valence-electron chi connectivity index (χ2n) is 1.65. The van der Waals surface area contributed by atoms with Gasteiger partial charge in [0.05, 0.1) is 6.10 Å². The van der Waals surface area contributed by atoms with Gasteiger partial charge in [-0.05, 0) is 12.3 Å². The topological polar surface area (TPSA) is 33.1 Å². The lowest BCUT2D eigenvalue weighted by atomic mass is 10.2. The van der Waals surface area contributed by atoms with Crippen molar-refractivity contribution in [3.8, 4) is 0 Å². The van der Waals surface area contributed by atoms with E-state index >= 15 is 0 Å². The van der Waals surface area contributed by atoms with Crippen LogP contribution in [0, 0.1) is 5.41 Å². The molecule has 0 rings (SSSR count). The van der Waals surface area contributed by atoms with Gasteiger partial charge in [-0.15, -0.1) is 0 Å². The summed E-state index contributed by atoms with van der Waals surface area (Å²) < 4.78 is 4.93. The maximum atomic E-state index is 6.87. The van der Waals surface area contributed by atoms with Crippen LogP contribution >= 0.6 is 12.6 Å². The van der Waals surface area contributed by atoms with E-state index in [9.17, 15) is 0 Å². The van der Waals surface area contributed by atoms with Crippen LogP contribution in [-0.4, -0.2) is 19.4 Å². The molecule has 0 amide bonds. The zero-order valence-electron chi connectivity index (χ0n) is 5.59. The molecule has 0 radical (unpaired) electrons. The lowest BCUT2D eigenvalue weighted by Crippen LogP contribution is -2.08. The van der Waals surface area contributed by atoms with Gasteiger partial charge >= 0.3 is 0 Å². The SMILES string of the molecule is COC(C)/C(C=N)=C/S. The van der Waals surface area contributed by atoms with Gasteiger partial charge in [0.25, 0.3) is 0 Å². The molecule has 0 aliphatic rings. The maximum Gasteiger partial charge on any atom is 0.0812 e. The molecule has 0 aromatic heterocycles. The third kappa shape index (κ3) is 2.67. The van der Waals surface area contributed by atoms with E-state index in [0.29, 0.717) is 0 Å². The first kappa shape index (κ1) is 8.72. The summed E-state index contributed by atoms with van der Waals surface area (Å²) in [6.07, 6.45) is 1.21. The highest BCUT2D eigenvalue weighted by Crippen LogP contribution is 2.02. The molecule has 0 saturated heterocycles. The van der Waals surface area contributed by atoms with E-state index in [0.717, 1.165) is 5.57 Å². The van der Waals surface area contributed by atoms with Gasteiger partial charge in [0.15, 0.2) is 0 Å². The largest absolute Gasteiger partial charge is 0.377 e. The summed E-state index contributed by atoms with van der Waals surface area (Å²) in [6.45, 7) is 1.87. The fraction of sp³-hybridized carbons (Fsp3) is 0.500. The highest BCUT2D eigenvalue weighted by molar-refractivity contribution is 7.83. The zero-order valence-corrected chi connectivity index (χ0v) is 6.48. The molecule has 0 spiro atoms. The average molecular weight is 145 g/mol. The highest BCUT2D eigenvalue weighted by Gasteiger charge is 2.01. The second kappa shape index (κ2) is 4.58. The van der Waals surface area contributed by atoms with E-state index in [4.69, 9.17) is 10.1 Å². The molecule has 0 aliphatic heterocycles. The summed E-state index contributed by atoms with van der Waals surface area (Å²) in [4.78, 5) is 0. The van der Waals surface area contributed by atoms with Crippen molar-refractivity contribution in [3.63, 3.8) is 0 Å². The Kier molecular flexibility index (Phi) is 4.44. The number of hydrogen-bond acceptors (Lipinski definition) is 3. The predicted octanol–water partition coefficient (Wildman–Crippen LogP) is 1.48. The summed E-state index contributed by atoms with van der Waals surface area (Å²) in [5.74, 6) is 0. The Hall–Kier alpha value is -0.280. The average Bonchev–Trinajstić information content (AvgIpc) is 1.90. The normalized spacial score (nSPS) is 15.2. The van der Waals surface area contributed by atoms with Crippen LogP contribution in [0.25, 0.3) is 0 Å². The molecule has 0 fully saturated rings. The van der Waals surface area contributed by atoms with Crippen LogP contribution in [0.15, 0.2) is 11.0 Å². The van der Waals surface area contributed by atoms with Crippen molar-refractivity contribution >= 4 is 18.8 Å². The smallest absolute Gasteiger partial charge is 0.0812 e. The van der Waals surface area contributed by atoms with Crippen LogP contribution < -0.4 is 0 Å². The van der Waals surface area contributed by atoms with Crippen molar-refractivity contribution < 1.29 is 4.74 Å². The lowest BCUT2D eigenvalue weighted by molar-refractivity contribution is 0.152. The molecule has 0 heterocycles. The maximum absolute atomic E-state index is 6.87. The standard InChI is InChI=1S/C6H11NOS/c1-5(8-2)6(3-7)4-9/h3-5,7,9H,1-2H3/b6-4+,7-3?. The third-order valence-electron chi connectivity index (χ3n) is 1.14. The van der Waals surface area contributed by atoms with Gasteiger partial charge < -0.3 is 10.1 Å². The number of methoxy groups -OCH3 is 1. The van der Waals surface area contributed by atoms with Crippen LogP contribution in [0.4, 0.5) is 0 Å². The fourth-order valence-corrected chi connectivity index (χ4v) is 0.680. The molecule has 0 aliphatic carbocycles. The minimum Gasteiger partial charge on any atom is -0.377 e. The van der Waals surface area contributed by atoms with E-state index < -0.39 is 0 Å². The zero-order chi connectivity index (χ0) is 7.28. The van der Waals surface area contributed by atoms with E-state index in [1.165, 1.54) is 6.21 Å². The Morgan fingerprint density at radius 1 is 1.78 bits per heavy atom. The fourth-order valence-electron chi connectivity index (χ4n) is 0.396. The molecule has 9 heavy (non-hydrogen) atoms. The molecule has 0 aromatic carbocycles. The molecule has 1 N–H and O–H groups in total. The van der Waals surface area contributed by atoms with Crippen LogP contribution in [0.1, 0.15) is 6.92 Å². The lowest BCUT2D eigenvalue weighted by Gasteiger charge is -2.07. The van der Waals surface area contributed by atoms with Gasteiger partial charge in [0.1, 0.15) is 0 Å². The van der Waals surface area contributed by atoms with E-state index in [2.05, 4.69) is 12.6 Å². The molecule has 0 aromatic rings. The molecule has 0 saturated carbocycles. The third-order valence-corrected chi connectivity index (χ3v) is 1.44. The monoisotopic (exact) mass is 145 g/mol. The van der Waals surface area contributed by atoms with Crippen molar-refractivity contribution in [2.45, 2.75) is 13.0 Å². The number of rotatable bonds is 3. The van der Waals surface area contributed by atoms with Crippen LogP contribution in [-0.2, 0) is 4.74 Å². The predicted molar refractivity (Wildman–Crippen MR) is 42.3 cm³/mol. The summed E-state index contributed by atoms with van der Waals surface area (Å²) in [7, 11) is 1.60. The molecular formula is C6H11NOS. The van der Waals surface area contributed by atoms with Gasteiger partial charge in [0.2, 0.25) is 0 Å². The molecule has 1 unspecified atom stereocenters. The first-order valence-electron chi connectivity index (χ1n) is 2.63. The van der Waals surface area contributed by atoms with Gasteiger partial charge in [0, 0.05) is 18.9 Å². The van der Waals surface area contributed by atoms with Gasteiger partial charge in [-0.3, -0.25) is 0 Å². The van der Waals surface area contributed by atoms with Crippen molar-refractivity contribution in [2.24, 2.45) is 0 Å². The van der Waals surface area contributed by atoms with Crippen LogP contribution in [0.2, 0.25) is 0 Å². The molecule has 2 nitrogen and oxygen atoms in total. The summed E-state index contributed by atoms with van der Waals surface area (Å²) in [5, 5.41) is 8.44. The minimum absolute atomic E-state index is 0.0278. The molecular weight excluding hydrogens is 134 g/mol. The van der Waals surface area contributed by atoms with Gasteiger partial charge in [-0.25, -0.2) is 0 Å². The Labute approximate surface area is 60.8 Å². The Morgan fingerprint density at radius 3 is 2.44 bits per heavy atom. The van der Waals surface area contributed by atoms with E-state index in [1.807, 2.05) is 6.92 Å². The molecule has 1 atom stereocenters. The highest BCUT2D eigenvalue weighted by atomic mass is 32.1. The summed E-state index contributed by atoms with van der Waals surface area (Å²) >= 11 is 3.90. The summed E-state index contributed by atoms with van der Waals surface area (Å²) in [5.41, 5.74) is 0.779. The molecule has 3 heteroatoms. The van der Waals surface area contributed by atoms with Crippen LogP contribution in [0.5, 0.6) is 0 Å². The Morgan fingerprint density at radius 2 is 2.33 bits per heavy atom. The van der Waals surface area contributed by atoms with Crippen LogP contribution in [0.3, 0.4) is 0 Å². The molecule has 0 bridgehead atoms. The second-order valence-corrected chi connectivity index (χ2v) is 1.91. The number of hydrogen-bond donors (Lipinski definition) is 2. The van der Waals surface area contributed by atoms with E-state index in [-0.39, 0.29) is 6.10 Å². The van der Waals surface area contributed by atoms with Crippen molar-refractivity contribution in [2.75, 3.05) is 7.11 Å². The molecule has 52 valence electrons. The number of thiol groups is 1. The van der Waals surface area contributed by atoms with E-state index in [1.54, 1.807) is 12.5 Å². The number of ether oxygens (including phenoxy) is 1. The number of nitrogens with one attached hydrogen (secondary N) is 1. The summed E-state index contributed by atoms with van der Waals surface area (Å²) in [6, 6.07) is 0. The minimum atomic E-state index is -0.0278. The Bertz CT molecular complexity index is 122. The quantitative estimate of drug-likeness (QED) is 0.457. The first-order valence-corrected chi connectivity index (χ1v) is 3.15. The van der Waals surface area contributed by atoms with Gasteiger partial charge in [-0.2, -0.15) is 12.6 Å². The van der Waals surface area contributed by atoms with Gasteiger partial charge in [-0.1, -0.05) is 0 Å². The van der Waals surface area contributed by atoms with Crippen molar-refractivity contribution in [1.82, 2.24) is 0 Å². The first-order chi connectivity index (χ1) is 4.26.